The number of hydrogen-bond acceptors (Lipinski definition) is 3. The number of carboxylic acid groups (broad SMARTS) is 1. The van der Waals surface area contributed by atoms with Gasteiger partial charge in [-0.1, -0.05) is 5.92 Å². The first-order valence-corrected chi connectivity index (χ1v) is 5.92. The second kappa shape index (κ2) is 6.87. The molecule has 1 heterocycles. The summed E-state index contributed by atoms with van der Waals surface area (Å²) in [5, 5.41) is 11.5. The number of hydrogen-bond donors (Lipinski definition) is 2. The first-order chi connectivity index (χ1) is 8.52. The van der Waals surface area contributed by atoms with Gasteiger partial charge in [-0.05, 0) is 33.0 Å². The van der Waals surface area contributed by atoms with Crippen molar-refractivity contribution >= 4 is 12.0 Å². The number of carbonyl (C=O) groups is 2. The summed E-state index contributed by atoms with van der Waals surface area (Å²) in [4.78, 5) is 25.8. The summed E-state index contributed by atoms with van der Waals surface area (Å²) in [6.07, 6.45) is 6.87. The lowest BCUT2D eigenvalue weighted by atomic mass is 10.1. The first-order valence-electron chi connectivity index (χ1n) is 5.92. The molecule has 0 aromatic rings. The van der Waals surface area contributed by atoms with Crippen LogP contribution < -0.4 is 5.32 Å². The van der Waals surface area contributed by atoms with Crippen LogP contribution in [0, 0.1) is 12.3 Å². The molecule has 0 atom stereocenters. The molecule has 1 aliphatic rings. The van der Waals surface area contributed by atoms with Gasteiger partial charge in [0, 0.05) is 6.04 Å². The minimum Gasteiger partial charge on any atom is -0.480 e. The standard InChI is InChI=1S/C12H19N3O3/c1-3-6-15(9-11(16)17)12(18)13-10-4-7-14(2)8-5-10/h1,10H,4-9H2,2H3,(H,13,18)(H,16,17). The largest absolute Gasteiger partial charge is 0.480 e. The number of nitrogens with one attached hydrogen (secondary N) is 1. The van der Waals surface area contributed by atoms with E-state index in [4.69, 9.17) is 11.5 Å². The SMILES string of the molecule is C#CCN(CC(=O)O)C(=O)NC1CCN(C)CC1. The highest BCUT2D eigenvalue weighted by Gasteiger charge is 2.22. The third-order valence-electron chi connectivity index (χ3n) is 2.94. The highest BCUT2D eigenvalue weighted by molar-refractivity contribution is 5.80. The Balaban J connectivity index is 2.46. The zero-order valence-electron chi connectivity index (χ0n) is 10.6. The molecule has 1 rings (SSSR count). The van der Waals surface area contributed by atoms with Crippen LogP contribution in [0.1, 0.15) is 12.8 Å². The van der Waals surface area contributed by atoms with Crippen LogP contribution in [0.5, 0.6) is 0 Å². The second-order valence-electron chi connectivity index (χ2n) is 4.48. The normalized spacial score (nSPS) is 16.9. The average molecular weight is 253 g/mol. The topological polar surface area (TPSA) is 72.9 Å². The summed E-state index contributed by atoms with van der Waals surface area (Å²) in [5.41, 5.74) is 0. The molecule has 2 amide bonds. The van der Waals surface area contributed by atoms with E-state index in [9.17, 15) is 9.59 Å². The van der Waals surface area contributed by atoms with E-state index in [1.165, 1.54) is 0 Å². The quantitative estimate of drug-likeness (QED) is 0.681. The lowest BCUT2D eigenvalue weighted by Crippen LogP contribution is -2.49. The summed E-state index contributed by atoms with van der Waals surface area (Å²) < 4.78 is 0. The molecule has 0 aromatic heterocycles. The summed E-state index contributed by atoms with van der Waals surface area (Å²) in [6.45, 7) is 1.49. The van der Waals surface area contributed by atoms with E-state index in [-0.39, 0.29) is 19.1 Å². The van der Waals surface area contributed by atoms with Gasteiger partial charge in [0.25, 0.3) is 0 Å². The van der Waals surface area contributed by atoms with Crippen molar-refractivity contribution in [2.45, 2.75) is 18.9 Å². The maximum absolute atomic E-state index is 11.9. The fraction of sp³-hybridized carbons (Fsp3) is 0.667. The van der Waals surface area contributed by atoms with E-state index in [1.807, 2.05) is 7.05 Å². The average Bonchev–Trinajstić information content (AvgIpc) is 2.31. The molecular formula is C12H19N3O3. The van der Waals surface area contributed by atoms with Gasteiger partial charge in [0.1, 0.15) is 6.54 Å². The fourth-order valence-corrected chi connectivity index (χ4v) is 1.89. The molecule has 0 saturated carbocycles. The lowest BCUT2D eigenvalue weighted by Gasteiger charge is -2.31. The van der Waals surface area contributed by atoms with Crippen LogP contribution in [0.15, 0.2) is 0 Å². The maximum Gasteiger partial charge on any atom is 0.323 e. The first kappa shape index (κ1) is 14.3. The molecule has 6 heteroatoms. The van der Waals surface area contributed by atoms with Gasteiger partial charge >= 0.3 is 12.0 Å². The highest BCUT2D eigenvalue weighted by Crippen LogP contribution is 2.08. The van der Waals surface area contributed by atoms with Gasteiger partial charge < -0.3 is 20.2 Å². The van der Waals surface area contributed by atoms with Crippen molar-refractivity contribution in [3.63, 3.8) is 0 Å². The molecular weight excluding hydrogens is 234 g/mol. The van der Waals surface area contributed by atoms with Crippen molar-refractivity contribution in [2.24, 2.45) is 0 Å². The summed E-state index contributed by atoms with van der Waals surface area (Å²) >= 11 is 0. The zero-order chi connectivity index (χ0) is 13.5. The van der Waals surface area contributed by atoms with E-state index in [0.29, 0.717) is 0 Å². The molecule has 0 bridgehead atoms. The summed E-state index contributed by atoms with van der Waals surface area (Å²) in [7, 11) is 2.03. The number of terminal acetylenes is 1. The smallest absolute Gasteiger partial charge is 0.323 e. The van der Waals surface area contributed by atoms with Gasteiger partial charge in [-0.25, -0.2) is 4.79 Å². The van der Waals surface area contributed by atoms with E-state index in [0.717, 1.165) is 30.8 Å². The van der Waals surface area contributed by atoms with Crippen molar-refractivity contribution in [2.75, 3.05) is 33.2 Å². The number of likely N-dealkylation sites (tertiary alicyclic amines) is 1. The Morgan fingerprint density at radius 1 is 1.50 bits per heavy atom. The third-order valence-corrected chi connectivity index (χ3v) is 2.94. The molecule has 0 aromatic carbocycles. The number of aliphatic carboxylic acids is 1. The molecule has 0 radical (unpaired) electrons. The third kappa shape index (κ3) is 4.63. The summed E-state index contributed by atoms with van der Waals surface area (Å²) in [5.74, 6) is 1.23. The van der Waals surface area contributed by atoms with Crippen molar-refractivity contribution in [3.05, 3.63) is 0 Å². The van der Waals surface area contributed by atoms with Crippen LogP contribution in [0.3, 0.4) is 0 Å². The number of piperidine rings is 1. The minimum absolute atomic E-state index is 0.00472. The van der Waals surface area contributed by atoms with E-state index in [2.05, 4.69) is 16.1 Å². The number of rotatable bonds is 4. The van der Waals surface area contributed by atoms with Crippen LogP contribution >= 0.6 is 0 Å². The van der Waals surface area contributed by atoms with Gasteiger partial charge in [-0.3, -0.25) is 4.79 Å². The second-order valence-corrected chi connectivity index (χ2v) is 4.48. The van der Waals surface area contributed by atoms with Gasteiger partial charge in [0.15, 0.2) is 0 Å². The Bertz CT molecular complexity index is 343. The van der Waals surface area contributed by atoms with E-state index >= 15 is 0 Å². The van der Waals surface area contributed by atoms with Crippen molar-refractivity contribution < 1.29 is 14.7 Å². The zero-order valence-corrected chi connectivity index (χ0v) is 10.6. The highest BCUT2D eigenvalue weighted by atomic mass is 16.4. The number of nitrogens with zero attached hydrogens (tertiary/aromatic N) is 2. The van der Waals surface area contributed by atoms with Gasteiger partial charge in [-0.2, -0.15) is 0 Å². The predicted octanol–water partition coefficient (Wildman–Crippen LogP) is -0.190. The van der Waals surface area contributed by atoms with Crippen LogP contribution in [-0.2, 0) is 4.79 Å². The number of carbonyl (C=O) groups excluding carboxylic acids is 1. The Hall–Kier alpha value is -1.74. The van der Waals surface area contributed by atoms with Gasteiger partial charge in [0.05, 0.1) is 6.54 Å². The monoisotopic (exact) mass is 253 g/mol. The predicted molar refractivity (Wildman–Crippen MR) is 67.1 cm³/mol. The molecule has 1 aliphatic heterocycles. The molecule has 2 N–H and O–H groups in total. The lowest BCUT2D eigenvalue weighted by molar-refractivity contribution is -0.137. The molecule has 0 aliphatic carbocycles. The van der Waals surface area contributed by atoms with Crippen molar-refractivity contribution in [1.29, 1.82) is 0 Å². The Labute approximate surface area is 107 Å². The van der Waals surface area contributed by atoms with E-state index in [1.54, 1.807) is 0 Å². The number of amides is 2. The molecule has 1 saturated heterocycles. The molecule has 1 fully saturated rings. The van der Waals surface area contributed by atoms with E-state index < -0.39 is 12.0 Å². The van der Waals surface area contributed by atoms with Crippen molar-refractivity contribution in [1.82, 2.24) is 15.1 Å². The van der Waals surface area contributed by atoms with Gasteiger partial charge in [-0.15, -0.1) is 6.42 Å². The van der Waals surface area contributed by atoms with Crippen LogP contribution in [0.25, 0.3) is 0 Å². The molecule has 100 valence electrons. The van der Waals surface area contributed by atoms with Crippen molar-refractivity contribution in [3.8, 4) is 12.3 Å². The minimum atomic E-state index is -1.07. The molecule has 0 unspecified atom stereocenters. The Morgan fingerprint density at radius 2 is 2.11 bits per heavy atom. The number of urea groups is 1. The Kier molecular flexibility index (Phi) is 5.46. The maximum atomic E-state index is 11.9. The van der Waals surface area contributed by atoms with Crippen LogP contribution in [0.2, 0.25) is 0 Å². The fourth-order valence-electron chi connectivity index (χ4n) is 1.89. The van der Waals surface area contributed by atoms with Crippen LogP contribution in [-0.4, -0.2) is 66.2 Å². The Morgan fingerprint density at radius 3 is 2.61 bits per heavy atom. The summed E-state index contributed by atoms with van der Waals surface area (Å²) in [6, 6.07) is -0.298. The molecule has 18 heavy (non-hydrogen) atoms. The molecule has 6 nitrogen and oxygen atoms in total. The van der Waals surface area contributed by atoms with Gasteiger partial charge in [0.2, 0.25) is 0 Å². The number of carboxylic acids is 1. The van der Waals surface area contributed by atoms with Crippen LogP contribution in [0.4, 0.5) is 4.79 Å². The molecule has 0 spiro atoms.